The smallest absolute Gasteiger partial charge is 0.254 e. The third kappa shape index (κ3) is 3.47. The minimum absolute atomic E-state index is 0.0590. The summed E-state index contributed by atoms with van der Waals surface area (Å²) in [5.41, 5.74) is 3.09. The van der Waals surface area contributed by atoms with Gasteiger partial charge in [0.15, 0.2) is 0 Å². The van der Waals surface area contributed by atoms with Crippen LogP contribution in [-0.2, 0) is 0 Å². The third-order valence-electron chi connectivity index (χ3n) is 2.96. The number of nitrogens with zero attached hydrogens (tertiary/aromatic N) is 1. The van der Waals surface area contributed by atoms with Crippen LogP contribution in [0.2, 0.25) is 0 Å². The molecular formula is C14H20ClNO. The summed E-state index contributed by atoms with van der Waals surface area (Å²) in [6.45, 7) is 8.66. The lowest BCUT2D eigenvalue weighted by Gasteiger charge is -2.26. The molecule has 1 rings (SSSR count). The van der Waals surface area contributed by atoms with Crippen molar-refractivity contribution in [1.29, 1.82) is 0 Å². The van der Waals surface area contributed by atoms with Crippen molar-refractivity contribution >= 4 is 17.5 Å². The van der Waals surface area contributed by atoms with Gasteiger partial charge in [0, 0.05) is 24.0 Å². The van der Waals surface area contributed by atoms with Crippen LogP contribution in [0.25, 0.3) is 0 Å². The Kier molecular flexibility index (Phi) is 5.01. The van der Waals surface area contributed by atoms with Gasteiger partial charge in [0.1, 0.15) is 0 Å². The lowest BCUT2D eigenvalue weighted by Crippen LogP contribution is -2.38. The fraction of sp³-hybridized carbons (Fsp3) is 0.500. The Hall–Kier alpha value is -1.02. The standard InChI is InChI=1S/C14H20ClNO/c1-10(2)16(8-7-15)14(17)13-6-5-11(3)12(4)9-13/h5-6,9-10H,7-8H2,1-4H3. The molecule has 0 atom stereocenters. The molecule has 1 aromatic rings. The molecule has 0 aliphatic rings. The van der Waals surface area contributed by atoms with Crippen molar-refractivity contribution in [3.05, 3.63) is 34.9 Å². The second-order valence-corrected chi connectivity index (χ2v) is 4.96. The molecule has 0 bridgehead atoms. The summed E-state index contributed by atoms with van der Waals surface area (Å²) in [5, 5.41) is 0. The highest BCUT2D eigenvalue weighted by Crippen LogP contribution is 2.13. The first-order valence-electron chi connectivity index (χ1n) is 5.91. The van der Waals surface area contributed by atoms with Crippen molar-refractivity contribution in [2.75, 3.05) is 12.4 Å². The first-order chi connectivity index (χ1) is 7.97. The lowest BCUT2D eigenvalue weighted by molar-refractivity contribution is 0.0718. The van der Waals surface area contributed by atoms with Crippen molar-refractivity contribution in [2.24, 2.45) is 0 Å². The Morgan fingerprint density at radius 2 is 1.94 bits per heavy atom. The van der Waals surface area contributed by atoms with E-state index in [0.717, 1.165) is 11.1 Å². The first kappa shape index (κ1) is 14.0. The van der Waals surface area contributed by atoms with Crippen molar-refractivity contribution in [3.63, 3.8) is 0 Å². The fourth-order valence-corrected chi connectivity index (χ4v) is 1.91. The SMILES string of the molecule is Cc1ccc(C(=O)N(CCCl)C(C)C)cc1C. The van der Waals surface area contributed by atoms with Gasteiger partial charge < -0.3 is 4.90 Å². The molecule has 0 radical (unpaired) electrons. The Balaban J connectivity index is 2.97. The summed E-state index contributed by atoms with van der Waals surface area (Å²) in [4.78, 5) is 14.1. The van der Waals surface area contributed by atoms with Crippen LogP contribution < -0.4 is 0 Å². The maximum atomic E-state index is 12.3. The van der Waals surface area contributed by atoms with E-state index >= 15 is 0 Å². The number of alkyl halides is 1. The normalized spacial score (nSPS) is 10.7. The molecule has 0 aromatic heterocycles. The van der Waals surface area contributed by atoms with Gasteiger partial charge in [-0.05, 0) is 51.0 Å². The second kappa shape index (κ2) is 6.06. The molecular weight excluding hydrogens is 234 g/mol. The number of carbonyl (C=O) groups is 1. The molecule has 0 N–H and O–H groups in total. The van der Waals surface area contributed by atoms with Crippen molar-refractivity contribution < 1.29 is 4.79 Å². The average molecular weight is 254 g/mol. The van der Waals surface area contributed by atoms with E-state index in [9.17, 15) is 4.79 Å². The van der Waals surface area contributed by atoms with Gasteiger partial charge in [0.2, 0.25) is 0 Å². The average Bonchev–Trinajstić information content (AvgIpc) is 2.28. The van der Waals surface area contributed by atoms with Gasteiger partial charge in [-0.25, -0.2) is 0 Å². The molecule has 0 aliphatic carbocycles. The van der Waals surface area contributed by atoms with Crippen LogP contribution in [0, 0.1) is 13.8 Å². The summed E-state index contributed by atoms with van der Waals surface area (Å²) in [7, 11) is 0. The predicted octanol–water partition coefficient (Wildman–Crippen LogP) is 3.39. The van der Waals surface area contributed by atoms with Crippen LogP contribution in [0.4, 0.5) is 0 Å². The highest BCUT2D eigenvalue weighted by molar-refractivity contribution is 6.18. The third-order valence-corrected chi connectivity index (χ3v) is 3.13. The largest absolute Gasteiger partial charge is 0.335 e. The molecule has 0 saturated carbocycles. The van der Waals surface area contributed by atoms with Crippen molar-refractivity contribution in [2.45, 2.75) is 33.7 Å². The summed E-state index contributed by atoms with van der Waals surface area (Å²) in [6, 6.07) is 5.99. The Labute approximate surface area is 109 Å². The minimum atomic E-state index is 0.0590. The fourth-order valence-electron chi connectivity index (χ4n) is 1.73. The molecule has 0 fully saturated rings. The Morgan fingerprint density at radius 3 is 2.41 bits per heavy atom. The number of halogens is 1. The Bertz CT molecular complexity index is 401. The van der Waals surface area contributed by atoms with E-state index in [1.807, 2.05) is 45.9 Å². The molecule has 1 amide bonds. The van der Waals surface area contributed by atoms with Gasteiger partial charge >= 0.3 is 0 Å². The zero-order valence-corrected chi connectivity index (χ0v) is 11.7. The van der Waals surface area contributed by atoms with E-state index < -0.39 is 0 Å². The van der Waals surface area contributed by atoms with Crippen LogP contribution in [0.15, 0.2) is 18.2 Å². The number of hydrogen-bond acceptors (Lipinski definition) is 1. The molecule has 1 aromatic carbocycles. The van der Waals surface area contributed by atoms with E-state index in [1.54, 1.807) is 4.90 Å². The van der Waals surface area contributed by atoms with Gasteiger partial charge in [-0.2, -0.15) is 0 Å². The first-order valence-corrected chi connectivity index (χ1v) is 6.45. The van der Waals surface area contributed by atoms with Crippen LogP contribution >= 0.6 is 11.6 Å². The van der Waals surface area contributed by atoms with Crippen LogP contribution in [0.5, 0.6) is 0 Å². The molecule has 17 heavy (non-hydrogen) atoms. The second-order valence-electron chi connectivity index (χ2n) is 4.58. The molecule has 2 nitrogen and oxygen atoms in total. The summed E-state index contributed by atoms with van der Waals surface area (Å²) >= 11 is 5.73. The summed E-state index contributed by atoms with van der Waals surface area (Å²) < 4.78 is 0. The molecule has 0 spiro atoms. The van der Waals surface area contributed by atoms with Gasteiger partial charge in [0.05, 0.1) is 0 Å². The van der Waals surface area contributed by atoms with Gasteiger partial charge in [-0.3, -0.25) is 4.79 Å². The number of benzene rings is 1. The lowest BCUT2D eigenvalue weighted by atomic mass is 10.1. The van der Waals surface area contributed by atoms with E-state index in [0.29, 0.717) is 12.4 Å². The number of aryl methyl sites for hydroxylation is 2. The van der Waals surface area contributed by atoms with Crippen LogP contribution in [0.3, 0.4) is 0 Å². The van der Waals surface area contributed by atoms with E-state index in [2.05, 4.69) is 0 Å². The summed E-state index contributed by atoms with van der Waals surface area (Å²) in [5.74, 6) is 0.526. The van der Waals surface area contributed by atoms with Gasteiger partial charge in [-0.15, -0.1) is 11.6 Å². The predicted molar refractivity (Wildman–Crippen MR) is 72.8 cm³/mol. The van der Waals surface area contributed by atoms with E-state index in [-0.39, 0.29) is 11.9 Å². The van der Waals surface area contributed by atoms with Gasteiger partial charge in [-0.1, -0.05) is 6.07 Å². The minimum Gasteiger partial charge on any atom is -0.335 e. The number of rotatable bonds is 4. The van der Waals surface area contributed by atoms with E-state index in [1.165, 1.54) is 5.56 Å². The molecule has 0 saturated heterocycles. The topological polar surface area (TPSA) is 20.3 Å². The van der Waals surface area contributed by atoms with Crippen LogP contribution in [0.1, 0.15) is 35.3 Å². The number of amides is 1. The van der Waals surface area contributed by atoms with E-state index in [4.69, 9.17) is 11.6 Å². The Morgan fingerprint density at radius 1 is 1.29 bits per heavy atom. The van der Waals surface area contributed by atoms with Gasteiger partial charge in [0.25, 0.3) is 5.91 Å². The van der Waals surface area contributed by atoms with Crippen LogP contribution in [-0.4, -0.2) is 29.3 Å². The summed E-state index contributed by atoms with van der Waals surface area (Å²) in [6.07, 6.45) is 0. The monoisotopic (exact) mass is 253 g/mol. The molecule has 0 unspecified atom stereocenters. The highest BCUT2D eigenvalue weighted by Gasteiger charge is 2.18. The molecule has 3 heteroatoms. The highest BCUT2D eigenvalue weighted by atomic mass is 35.5. The van der Waals surface area contributed by atoms with Crippen molar-refractivity contribution in [1.82, 2.24) is 4.90 Å². The zero-order chi connectivity index (χ0) is 13.0. The maximum Gasteiger partial charge on any atom is 0.254 e. The number of hydrogen-bond donors (Lipinski definition) is 0. The van der Waals surface area contributed by atoms with Crippen molar-refractivity contribution in [3.8, 4) is 0 Å². The zero-order valence-electron chi connectivity index (χ0n) is 11.0. The molecule has 94 valence electrons. The quantitative estimate of drug-likeness (QED) is 0.754. The molecule has 0 aliphatic heterocycles. The molecule has 0 heterocycles. The maximum absolute atomic E-state index is 12.3. The number of carbonyl (C=O) groups excluding carboxylic acids is 1.